The molecule has 132 valence electrons. The Morgan fingerprint density at radius 2 is 1.65 bits per heavy atom. The van der Waals surface area contributed by atoms with Crippen LogP contribution in [0, 0.1) is 11.8 Å². The molecule has 3 rings (SSSR count). The lowest BCUT2D eigenvalue weighted by atomic mass is 9.84. The molecule has 0 saturated heterocycles. The molecule has 5 atom stereocenters. The number of allylic oxidation sites excluding steroid dienone is 4. The van der Waals surface area contributed by atoms with Crippen LogP contribution < -0.4 is 0 Å². The highest BCUT2D eigenvalue weighted by Crippen LogP contribution is 2.78. The largest absolute Gasteiger partial charge is 0.449 e. The van der Waals surface area contributed by atoms with E-state index in [1.54, 1.807) is 0 Å². The molecule has 0 aliphatic heterocycles. The van der Waals surface area contributed by atoms with Crippen LogP contribution in [0.3, 0.4) is 0 Å². The molecular weight excluding hydrogens is 497 g/mol. The molecule has 0 aromatic carbocycles. The van der Waals surface area contributed by atoms with Gasteiger partial charge in [0.2, 0.25) is 0 Å². The molecule has 0 amide bonds. The smallest absolute Gasteiger partial charge is 0.282 e. The van der Waals surface area contributed by atoms with Gasteiger partial charge in [0.25, 0.3) is 10.0 Å². The molecule has 2 nitrogen and oxygen atoms in total. The highest BCUT2D eigenvalue weighted by Gasteiger charge is 2.83. The van der Waals surface area contributed by atoms with E-state index in [0.717, 1.165) is 10.5 Å². The maximum absolute atomic E-state index is 6.57. The van der Waals surface area contributed by atoms with Crippen molar-refractivity contribution < 1.29 is 8.23 Å². The molecule has 3 aliphatic rings. The summed E-state index contributed by atoms with van der Waals surface area (Å²) in [6, 6.07) is 0. The molecule has 0 spiro atoms. The molecule has 23 heavy (non-hydrogen) atoms. The SMILES string of the molecule is C[SiH2]O[SiH2]O[SiH3].ClC1=C(Cl)C2(Cl)C3C(Cl)C=CC3C1(Cl)C2(Cl)Cl. The first-order valence-corrected chi connectivity index (χ1v) is 13.5. The van der Waals surface area contributed by atoms with E-state index in [4.69, 9.17) is 89.4 Å². The zero-order valence-corrected chi connectivity index (χ0v) is 22.4. The van der Waals surface area contributed by atoms with Gasteiger partial charge in [0.15, 0.2) is 4.33 Å². The third-order valence-electron chi connectivity index (χ3n) is 4.30. The average molecular weight is 512 g/mol. The van der Waals surface area contributed by atoms with Crippen molar-refractivity contribution >= 4 is 111 Å². The number of rotatable bonds is 3. The second-order valence-corrected chi connectivity index (χ2v) is 13.9. The van der Waals surface area contributed by atoms with Gasteiger partial charge in [-0.15, -0.1) is 34.8 Å². The van der Waals surface area contributed by atoms with Crippen molar-refractivity contribution in [2.24, 2.45) is 11.8 Å². The van der Waals surface area contributed by atoms with Gasteiger partial charge in [-0.25, -0.2) is 0 Å². The Balaban J connectivity index is 0.000000277. The summed E-state index contributed by atoms with van der Waals surface area (Å²) in [5.41, 5.74) is 0. The zero-order valence-electron chi connectivity index (χ0n) is 12.3. The predicted octanol–water partition coefficient (Wildman–Crippen LogP) is 2.67. The lowest BCUT2D eigenvalue weighted by Crippen LogP contribution is -2.45. The van der Waals surface area contributed by atoms with Gasteiger partial charge in [-0.05, 0) is 0 Å². The van der Waals surface area contributed by atoms with Crippen LogP contribution in [0.1, 0.15) is 0 Å². The van der Waals surface area contributed by atoms with Crippen LogP contribution in [0.5, 0.6) is 0 Å². The number of hydrogen-bond donors (Lipinski definition) is 0. The molecule has 1 fully saturated rings. The average Bonchev–Trinajstić information content (AvgIpc) is 2.99. The number of alkyl halides is 5. The van der Waals surface area contributed by atoms with E-state index in [2.05, 4.69) is 6.55 Å². The molecule has 0 radical (unpaired) electrons. The first kappa shape index (κ1) is 21.4. The van der Waals surface area contributed by atoms with Gasteiger partial charge in [-0.2, -0.15) is 0 Å². The molecule has 0 heterocycles. The van der Waals surface area contributed by atoms with Crippen molar-refractivity contribution in [2.45, 2.75) is 26.0 Å². The third kappa shape index (κ3) is 2.86. The normalized spacial score (nSPS) is 43.9. The summed E-state index contributed by atoms with van der Waals surface area (Å²) in [5.74, 6) is -0.470. The summed E-state index contributed by atoms with van der Waals surface area (Å²) in [7, 11) is 0.269. The minimum Gasteiger partial charge on any atom is -0.449 e. The highest BCUT2D eigenvalue weighted by molar-refractivity contribution is 6.66. The van der Waals surface area contributed by atoms with Crippen LogP contribution in [-0.2, 0) is 8.23 Å². The minimum atomic E-state index is -1.48. The van der Waals surface area contributed by atoms with Crippen LogP contribution >= 0.6 is 81.2 Å². The van der Waals surface area contributed by atoms with Gasteiger partial charge in [0.05, 0.1) is 15.4 Å². The van der Waals surface area contributed by atoms with Crippen LogP contribution in [0.25, 0.3) is 0 Å². The Bertz CT molecular complexity index is 542. The summed E-state index contributed by atoms with van der Waals surface area (Å²) < 4.78 is 8.46. The van der Waals surface area contributed by atoms with E-state index >= 15 is 0 Å². The fourth-order valence-electron chi connectivity index (χ4n) is 3.25. The monoisotopic (exact) mass is 508 g/mol. The van der Waals surface area contributed by atoms with Crippen molar-refractivity contribution in [2.75, 3.05) is 0 Å². The second kappa shape index (κ2) is 7.60. The van der Waals surface area contributed by atoms with Gasteiger partial charge < -0.3 is 8.23 Å². The van der Waals surface area contributed by atoms with Gasteiger partial charge in [0, 0.05) is 11.8 Å². The molecule has 0 N–H and O–H groups in total. The number of halogens is 7. The van der Waals surface area contributed by atoms with E-state index in [-0.39, 0.29) is 37.0 Å². The van der Waals surface area contributed by atoms with Crippen molar-refractivity contribution in [3.05, 3.63) is 22.2 Å². The molecule has 5 unspecified atom stereocenters. The maximum Gasteiger partial charge on any atom is 0.282 e. The van der Waals surface area contributed by atoms with Gasteiger partial charge in [-0.3, -0.25) is 0 Å². The molecule has 3 aliphatic carbocycles. The van der Waals surface area contributed by atoms with E-state index in [9.17, 15) is 0 Å². The molecule has 12 heteroatoms. The summed E-state index contributed by atoms with van der Waals surface area (Å²) >= 11 is 44.5. The van der Waals surface area contributed by atoms with Crippen LogP contribution in [0.2, 0.25) is 6.55 Å². The zero-order chi connectivity index (χ0) is 17.6. The Labute approximate surface area is 178 Å². The standard InChI is InChI=1S/C10H5Cl7.CH10O2Si3/c11-4-2-1-3-5(4)9(15)7(13)6(12)8(3,14)10(9,16)17;1-5-3-6-2-4/h1-5H;5-6H2,1,4H3. The van der Waals surface area contributed by atoms with E-state index in [1.165, 1.54) is 0 Å². The third-order valence-corrected chi connectivity index (χ3v) is 12.3. The maximum atomic E-state index is 6.57. The van der Waals surface area contributed by atoms with Gasteiger partial charge >= 0.3 is 0 Å². The number of fused-ring (bicyclic) bond motifs is 5. The van der Waals surface area contributed by atoms with Crippen LogP contribution in [0.4, 0.5) is 0 Å². The first-order valence-electron chi connectivity index (χ1n) is 6.83. The molecular formula is C11H15Cl7O2Si3. The van der Waals surface area contributed by atoms with Crippen molar-refractivity contribution in [1.82, 2.24) is 0 Å². The minimum absolute atomic E-state index is 0.138. The molecule has 0 aromatic heterocycles. The summed E-state index contributed by atoms with van der Waals surface area (Å²) in [5, 5.41) is 0.113. The number of hydrogen-bond acceptors (Lipinski definition) is 2. The van der Waals surface area contributed by atoms with Crippen LogP contribution in [0.15, 0.2) is 22.2 Å². The van der Waals surface area contributed by atoms with Gasteiger partial charge in [0.1, 0.15) is 30.0 Å². The molecule has 2 bridgehead atoms. The second-order valence-electron chi connectivity index (χ2n) is 5.41. The van der Waals surface area contributed by atoms with Crippen molar-refractivity contribution in [3.63, 3.8) is 0 Å². The Morgan fingerprint density at radius 3 is 2.13 bits per heavy atom. The van der Waals surface area contributed by atoms with Crippen molar-refractivity contribution in [3.8, 4) is 0 Å². The van der Waals surface area contributed by atoms with Crippen LogP contribution in [-0.4, -0.2) is 49.7 Å². The fraction of sp³-hybridized carbons (Fsp3) is 0.636. The Hall–Kier alpha value is 2.08. The van der Waals surface area contributed by atoms with Crippen molar-refractivity contribution in [1.29, 1.82) is 0 Å². The first-order chi connectivity index (χ1) is 10.6. The van der Waals surface area contributed by atoms with E-state index < -0.39 is 24.1 Å². The van der Waals surface area contributed by atoms with Gasteiger partial charge in [-0.1, -0.05) is 65.1 Å². The fourth-order valence-corrected chi connectivity index (χ4v) is 9.60. The van der Waals surface area contributed by atoms with E-state index in [1.807, 2.05) is 12.2 Å². The highest BCUT2D eigenvalue weighted by atomic mass is 35.5. The Kier molecular flexibility index (Phi) is 7.07. The summed E-state index contributed by atoms with van der Waals surface area (Å²) in [6.07, 6.45) is 3.69. The summed E-state index contributed by atoms with van der Waals surface area (Å²) in [4.78, 5) is -2.45. The lowest BCUT2D eigenvalue weighted by Gasteiger charge is -2.34. The van der Waals surface area contributed by atoms with E-state index in [0.29, 0.717) is 0 Å². The molecule has 0 aromatic rings. The lowest BCUT2D eigenvalue weighted by molar-refractivity contribution is 0.420. The quantitative estimate of drug-likeness (QED) is 0.251. The molecule has 1 saturated carbocycles. The predicted molar refractivity (Wildman–Crippen MR) is 111 cm³/mol. The topological polar surface area (TPSA) is 18.5 Å². The summed E-state index contributed by atoms with van der Waals surface area (Å²) in [6.45, 7) is 2.12. The Morgan fingerprint density at radius 1 is 1.09 bits per heavy atom.